The summed E-state index contributed by atoms with van der Waals surface area (Å²) in [7, 11) is 0. The first-order valence-corrected chi connectivity index (χ1v) is 11.0. The molecule has 1 aliphatic rings. The van der Waals surface area contributed by atoms with Crippen LogP contribution in [0.25, 0.3) is 16.6 Å². The number of benzene rings is 1. The number of nitrogens with zero attached hydrogens (tertiary/aromatic N) is 3. The van der Waals surface area contributed by atoms with Crippen LogP contribution in [0.15, 0.2) is 54.9 Å². The Labute approximate surface area is 187 Å². The van der Waals surface area contributed by atoms with E-state index in [1.165, 1.54) is 18.5 Å². The van der Waals surface area contributed by atoms with Crippen LogP contribution in [0, 0.1) is 17.1 Å². The van der Waals surface area contributed by atoms with Crippen molar-refractivity contribution in [2.24, 2.45) is 11.7 Å². The van der Waals surface area contributed by atoms with E-state index in [9.17, 15) is 9.18 Å². The molecule has 0 spiro atoms. The Balaban J connectivity index is 1.32. The summed E-state index contributed by atoms with van der Waals surface area (Å²) in [6, 6.07) is 12.5. The van der Waals surface area contributed by atoms with E-state index in [-0.39, 0.29) is 11.7 Å². The van der Waals surface area contributed by atoms with Gasteiger partial charge in [0.2, 0.25) is 5.91 Å². The summed E-state index contributed by atoms with van der Waals surface area (Å²) in [5.41, 5.74) is 9.38. The minimum absolute atomic E-state index is 0.102. The first-order chi connectivity index (χ1) is 15.6. The molecule has 1 aliphatic heterocycles. The Hall–Kier alpha value is -3.48. The van der Waals surface area contributed by atoms with E-state index >= 15 is 0 Å². The van der Waals surface area contributed by atoms with Gasteiger partial charge in [0.05, 0.1) is 16.7 Å². The molecule has 2 aromatic heterocycles. The molecule has 0 radical (unpaired) electrons. The molecule has 0 saturated carbocycles. The van der Waals surface area contributed by atoms with Crippen molar-refractivity contribution in [3.63, 3.8) is 0 Å². The van der Waals surface area contributed by atoms with E-state index in [1.54, 1.807) is 18.2 Å². The predicted octanol–water partition coefficient (Wildman–Crippen LogP) is 4.00. The fourth-order valence-electron chi connectivity index (χ4n) is 4.35. The Morgan fingerprint density at radius 2 is 1.97 bits per heavy atom. The van der Waals surface area contributed by atoms with Crippen LogP contribution in [0.4, 0.5) is 4.39 Å². The Morgan fingerprint density at radius 1 is 1.19 bits per heavy atom. The summed E-state index contributed by atoms with van der Waals surface area (Å²) in [6.07, 6.45) is 7.32. The van der Waals surface area contributed by atoms with Crippen molar-refractivity contribution in [1.29, 1.82) is 5.41 Å². The largest absolute Gasteiger partial charge is 0.404 e. The lowest BCUT2D eigenvalue weighted by atomic mass is 9.96. The fraction of sp³-hybridized carbons (Fsp3) is 0.320. The number of hydrogen-bond acceptors (Lipinski definition) is 4. The van der Waals surface area contributed by atoms with Gasteiger partial charge >= 0.3 is 0 Å². The van der Waals surface area contributed by atoms with Crippen LogP contribution in [-0.2, 0) is 17.8 Å². The summed E-state index contributed by atoms with van der Waals surface area (Å²) >= 11 is 0. The Morgan fingerprint density at radius 3 is 2.69 bits per heavy atom. The van der Waals surface area contributed by atoms with Gasteiger partial charge in [-0.25, -0.2) is 9.37 Å². The molecule has 1 amide bonds. The SMILES string of the molecule is N=C/C(=C\N)c1ccc2c(ccn2CC2CCN(C(=O)CCc3ccccc3F)CC2)n1. The van der Waals surface area contributed by atoms with Crippen molar-refractivity contribution >= 4 is 28.7 Å². The zero-order valence-corrected chi connectivity index (χ0v) is 18.0. The van der Waals surface area contributed by atoms with Crippen molar-refractivity contribution in [3.05, 3.63) is 71.9 Å². The highest BCUT2D eigenvalue weighted by molar-refractivity contribution is 6.07. The maximum Gasteiger partial charge on any atom is 0.222 e. The second-order valence-electron chi connectivity index (χ2n) is 8.25. The molecule has 3 N–H and O–H groups in total. The quantitative estimate of drug-likeness (QED) is 0.552. The smallest absolute Gasteiger partial charge is 0.222 e. The number of nitrogens with two attached hydrogens (primary N) is 1. The third kappa shape index (κ3) is 4.72. The van der Waals surface area contributed by atoms with Crippen LogP contribution in [0.5, 0.6) is 0 Å². The summed E-state index contributed by atoms with van der Waals surface area (Å²) in [5.74, 6) is 0.347. The number of aromatic nitrogens is 2. The third-order valence-corrected chi connectivity index (χ3v) is 6.24. The molecule has 1 fully saturated rings. The van der Waals surface area contributed by atoms with Gasteiger partial charge in [0, 0.05) is 50.2 Å². The Kier molecular flexibility index (Phi) is 6.63. The average Bonchev–Trinajstić information content (AvgIpc) is 3.21. The number of amides is 1. The van der Waals surface area contributed by atoms with Crippen molar-refractivity contribution in [3.8, 4) is 0 Å². The summed E-state index contributed by atoms with van der Waals surface area (Å²) in [6.45, 7) is 2.37. The van der Waals surface area contributed by atoms with Crippen molar-refractivity contribution in [2.75, 3.05) is 13.1 Å². The first-order valence-electron chi connectivity index (χ1n) is 11.0. The highest BCUT2D eigenvalue weighted by atomic mass is 19.1. The fourth-order valence-corrected chi connectivity index (χ4v) is 4.35. The van der Waals surface area contributed by atoms with Crippen LogP contribution in [0.3, 0.4) is 0 Å². The highest BCUT2D eigenvalue weighted by Crippen LogP contribution is 2.24. The van der Waals surface area contributed by atoms with Gasteiger partial charge in [-0.3, -0.25) is 4.79 Å². The van der Waals surface area contributed by atoms with Crippen molar-refractivity contribution in [2.45, 2.75) is 32.2 Å². The normalized spacial score (nSPS) is 15.3. The second kappa shape index (κ2) is 9.77. The zero-order chi connectivity index (χ0) is 22.5. The molecule has 0 aliphatic carbocycles. The lowest BCUT2D eigenvalue weighted by molar-refractivity contribution is -0.132. The molecule has 1 aromatic carbocycles. The van der Waals surface area contributed by atoms with E-state index in [0.29, 0.717) is 35.6 Å². The number of carbonyl (C=O) groups is 1. The van der Waals surface area contributed by atoms with E-state index in [0.717, 1.165) is 43.5 Å². The molecular formula is C25H28FN5O. The molecule has 7 heteroatoms. The zero-order valence-electron chi connectivity index (χ0n) is 18.0. The van der Waals surface area contributed by atoms with Gasteiger partial charge in [0.25, 0.3) is 0 Å². The number of nitrogens with one attached hydrogen (secondary N) is 1. The van der Waals surface area contributed by atoms with Crippen LogP contribution < -0.4 is 5.73 Å². The molecule has 0 bridgehead atoms. The van der Waals surface area contributed by atoms with E-state index in [1.807, 2.05) is 29.3 Å². The van der Waals surface area contributed by atoms with Gasteiger partial charge in [-0.2, -0.15) is 0 Å². The van der Waals surface area contributed by atoms with Gasteiger partial charge in [-0.15, -0.1) is 0 Å². The van der Waals surface area contributed by atoms with E-state index in [2.05, 4.69) is 9.55 Å². The summed E-state index contributed by atoms with van der Waals surface area (Å²) < 4.78 is 16.0. The number of likely N-dealkylation sites (tertiary alicyclic amines) is 1. The topological polar surface area (TPSA) is 88.0 Å². The van der Waals surface area contributed by atoms with Crippen LogP contribution >= 0.6 is 0 Å². The summed E-state index contributed by atoms with van der Waals surface area (Å²) in [5, 5.41) is 7.44. The van der Waals surface area contributed by atoms with Gasteiger partial charge in [0.1, 0.15) is 5.82 Å². The number of carbonyl (C=O) groups excluding carboxylic acids is 1. The standard InChI is InChI=1S/C25H28FN5O/c26-21-4-2-1-3-19(21)5-8-25(32)30-12-9-18(10-13-30)17-31-14-11-23-24(31)7-6-22(29-23)20(15-27)16-28/h1-4,6-7,11,14-16,18,27H,5,8-10,12-13,17,28H2/b20-16+,27-15?. The maximum atomic E-state index is 13.8. The average molecular weight is 434 g/mol. The van der Waals surface area contributed by atoms with Crippen LogP contribution in [-0.4, -0.2) is 39.7 Å². The molecule has 1 saturated heterocycles. The molecule has 0 unspecified atom stereocenters. The number of halogens is 1. The number of hydrogen-bond donors (Lipinski definition) is 2. The van der Waals surface area contributed by atoms with Crippen LogP contribution in [0.2, 0.25) is 0 Å². The molecule has 3 heterocycles. The Bertz CT molecular complexity index is 1140. The first kappa shape index (κ1) is 21.7. The number of pyridine rings is 1. The molecule has 3 aromatic rings. The molecule has 6 nitrogen and oxygen atoms in total. The molecule has 0 atom stereocenters. The van der Waals surface area contributed by atoms with Gasteiger partial charge in [-0.05, 0) is 55.0 Å². The van der Waals surface area contributed by atoms with Gasteiger partial charge in [-0.1, -0.05) is 18.2 Å². The second-order valence-corrected chi connectivity index (χ2v) is 8.25. The maximum absolute atomic E-state index is 13.8. The minimum Gasteiger partial charge on any atom is -0.404 e. The minimum atomic E-state index is -0.243. The molecular weight excluding hydrogens is 405 g/mol. The van der Waals surface area contributed by atoms with Crippen molar-refractivity contribution in [1.82, 2.24) is 14.5 Å². The number of fused-ring (bicyclic) bond motifs is 1. The molecule has 4 rings (SSSR count). The number of piperidine rings is 1. The van der Waals surface area contributed by atoms with Gasteiger partial charge < -0.3 is 20.6 Å². The number of rotatable bonds is 7. The lowest BCUT2D eigenvalue weighted by Gasteiger charge is -2.32. The predicted molar refractivity (Wildman–Crippen MR) is 125 cm³/mol. The van der Waals surface area contributed by atoms with Gasteiger partial charge in [0.15, 0.2) is 0 Å². The van der Waals surface area contributed by atoms with Crippen molar-refractivity contribution < 1.29 is 9.18 Å². The summed E-state index contributed by atoms with van der Waals surface area (Å²) in [4.78, 5) is 19.1. The number of allylic oxidation sites excluding steroid dienone is 1. The highest BCUT2D eigenvalue weighted by Gasteiger charge is 2.23. The van der Waals surface area contributed by atoms with E-state index < -0.39 is 0 Å². The van der Waals surface area contributed by atoms with Crippen LogP contribution in [0.1, 0.15) is 30.5 Å². The molecule has 32 heavy (non-hydrogen) atoms. The number of aryl methyl sites for hydroxylation is 1. The molecule has 166 valence electrons. The lowest BCUT2D eigenvalue weighted by Crippen LogP contribution is -2.39. The third-order valence-electron chi connectivity index (χ3n) is 6.24. The van der Waals surface area contributed by atoms with E-state index in [4.69, 9.17) is 11.1 Å². The monoisotopic (exact) mass is 433 g/mol.